The molecule has 4 heteroatoms. The van der Waals surface area contributed by atoms with E-state index in [-0.39, 0.29) is 11.9 Å². The molecule has 1 atom stereocenters. The minimum atomic E-state index is -0.235. The number of aryl methyl sites for hydroxylation is 1. The van der Waals surface area contributed by atoms with Gasteiger partial charge in [0.15, 0.2) is 0 Å². The molecule has 0 amide bonds. The molecule has 1 aromatic carbocycles. The Labute approximate surface area is 125 Å². The van der Waals surface area contributed by atoms with Crippen molar-refractivity contribution in [1.29, 1.82) is 0 Å². The molecule has 0 aliphatic rings. The Morgan fingerprint density at radius 3 is 2.76 bits per heavy atom. The minimum Gasteiger partial charge on any atom is -0.497 e. The molecule has 1 N–H and O–H groups in total. The topological polar surface area (TPSA) is 34.2 Å². The van der Waals surface area contributed by atoms with Crippen LogP contribution in [0.1, 0.15) is 30.6 Å². The van der Waals surface area contributed by atoms with Gasteiger partial charge in [0.1, 0.15) is 11.6 Å². The van der Waals surface area contributed by atoms with E-state index >= 15 is 0 Å². The highest BCUT2D eigenvalue weighted by Crippen LogP contribution is 2.25. The third kappa shape index (κ3) is 4.26. The van der Waals surface area contributed by atoms with Gasteiger partial charge in [0, 0.05) is 29.6 Å². The Morgan fingerprint density at radius 2 is 2.14 bits per heavy atom. The van der Waals surface area contributed by atoms with Crippen molar-refractivity contribution in [2.45, 2.75) is 25.8 Å². The third-order valence-electron chi connectivity index (χ3n) is 3.45. The molecule has 3 nitrogen and oxygen atoms in total. The number of methoxy groups -OCH3 is 1. The summed E-state index contributed by atoms with van der Waals surface area (Å²) in [7, 11) is 1.54. The van der Waals surface area contributed by atoms with E-state index in [0.29, 0.717) is 11.3 Å². The van der Waals surface area contributed by atoms with E-state index in [2.05, 4.69) is 10.3 Å². The molecular formula is C17H21FN2O. The lowest BCUT2D eigenvalue weighted by molar-refractivity contribution is 0.408. The molecule has 0 saturated carbocycles. The molecular weight excluding hydrogens is 267 g/mol. The molecule has 0 bridgehead atoms. The second-order valence-electron chi connectivity index (χ2n) is 4.86. The molecule has 0 aliphatic carbocycles. The third-order valence-corrected chi connectivity index (χ3v) is 3.45. The number of benzene rings is 1. The zero-order valence-corrected chi connectivity index (χ0v) is 12.5. The lowest BCUT2D eigenvalue weighted by atomic mass is 10.00. The number of aromatic nitrogens is 1. The van der Waals surface area contributed by atoms with Crippen LogP contribution in [0.3, 0.4) is 0 Å². The Bertz CT molecular complexity index is 560. The minimum absolute atomic E-state index is 0.0251. The Hall–Kier alpha value is -1.94. The molecule has 21 heavy (non-hydrogen) atoms. The second kappa shape index (κ2) is 7.74. The first-order chi connectivity index (χ1) is 10.2. The monoisotopic (exact) mass is 288 g/mol. The van der Waals surface area contributed by atoms with Crippen molar-refractivity contribution in [2.75, 3.05) is 13.7 Å². The van der Waals surface area contributed by atoms with Crippen molar-refractivity contribution in [2.24, 2.45) is 0 Å². The van der Waals surface area contributed by atoms with E-state index in [1.807, 2.05) is 25.1 Å². The SMILES string of the molecule is CCNC(CCc1ccccn1)c1ccc(OC)cc1F. The lowest BCUT2D eigenvalue weighted by Gasteiger charge is -2.19. The summed E-state index contributed by atoms with van der Waals surface area (Å²) in [5, 5.41) is 3.34. The van der Waals surface area contributed by atoms with E-state index in [0.717, 1.165) is 25.1 Å². The average Bonchev–Trinajstić information content (AvgIpc) is 2.52. The highest BCUT2D eigenvalue weighted by atomic mass is 19.1. The molecule has 0 saturated heterocycles. The number of hydrogen-bond donors (Lipinski definition) is 1. The summed E-state index contributed by atoms with van der Waals surface area (Å²) in [6.45, 7) is 2.81. The van der Waals surface area contributed by atoms with Crippen LogP contribution in [0.15, 0.2) is 42.6 Å². The summed E-state index contributed by atoms with van der Waals surface area (Å²) in [6, 6.07) is 10.9. The van der Waals surface area contributed by atoms with Crippen molar-refractivity contribution in [1.82, 2.24) is 10.3 Å². The fourth-order valence-corrected chi connectivity index (χ4v) is 2.37. The van der Waals surface area contributed by atoms with Crippen molar-refractivity contribution in [3.05, 3.63) is 59.7 Å². The smallest absolute Gasteiger partial charge is 0.131 e. The first kappa shape index (κ1) is 15.4. The Morgan fingerprint density at radius 1 is 1.29 bits per heavy atom. The van der Waals surface area contributed by atoms with E-state index in [1.54, 1.807) is 18.3 Å². The summed E-state index contributed by atoms with van der Waals surface area (Å²) in [4.78, 5) is 4.31. The number of nitrogens with zero attached hydrogens (tertiary/aromatic N) is 1. The van der Waals surface area contributed by atoms with E-state index in [4.69, 9.17) is 4.74 Å². The normalized spacial score (nSPS) is 12.1. The summed E-state index contributed by atoms with van der Waals surface area (Å²) >= 11 is 0. The van der Waals surface area contributed by atoms with Crippen LogP contribution in [0.25, 0.3) is 0 Å². The zero-order chi connectivity index (χ0) is 15.1. The maximum atomic E-state index is 14.2. The van der Waals surface area contributed by atoms with Crippen LogP contribution >= 0.6 is 0 Å². The van der Waals surface area contributed by atoms with Crippen LogP contribution in [-0.2, 0) is 6.42 Å². The number of rotatable bonds is 7. The van der Waals surface area contributed by atoms with E-state index in [1.165, 1.54) is 13.2 Å². The highest BCUT2D eigenvalue weighted by molar-refractivity contribution is 5.31. The van der Waals surface area contributed by atoms with Crippen molar-refractivity contribution >= 4 is 0 Å². The zero-order valence-electron chi connectivity index (χ0n) is 12.5. The van der Waals surface area contributed by atoms with Gasteiger partial charge in [0.05, 0.1) is 7.11 Å². The number of nitrogens with one attached hydrogen (secondary N) is 1. The molecule has 1 unspecified atom stereocenters. The summed E-state index contributed by atoms with van der Waals surface area (Å²) in [6.07, 6.45) is 3.39. The number of halogens is 1. The van der Waals surface area contributed by atoms with Crippen LogP contribution in [0.4, 0.5) is 4.39 Å². The molecule has 2 aromatic rings. The number of ether oxygens (including phenoxy) is 1. The van der Waals surface area contributed by atoms with Crippen molar-refractivity contribution < 1.29 is 9.13 Å². The number of hydrogen-bond acceptors (Lipinski definition) is 3. The molecule has 0 spiro atoms. The second-order valence-corrected chi connectivity index (χ2v) is 4.86. The highest BCUT2D eigenvalue weighted by Gasteiger charge is 2.15. The Balaban J connectivity index is 2.11. The molecule has 0 radical (unpaired) electrons. The average molecular weight is 288 g/mol. The standard InChI is InChI=1S/C17H21FN2O/c1-3-19-17(10-7-13-6-4-5-11-20-13)15-9-8-14(21-2)12-16(15)18/h4-6,8-9,11-12,17,19H,3,7,10H2,1-2H3. The fourth-order valence-electron chi connectivity index (χ4n) is 2.37. The van der Waals surface area contributed by atoms with Gasteiger partial charge >= 0.3 is 0 Å². The summed E-state index contributed by atoms with van der Waals surface area (Å²) < 4.78 is 19.2. The lowest BCUT2D eigenvalue weighted by Crippen LogP contribution is -2.22. The van der Waals surface area contributed by atoms with E-state index < -0.39 is 0 Å². The van der Waals surface area contributed by atoms with Crippen LogP contribution in [0.5, 0.6) is 5.75 Å². The summed E-state index contributed by atoms with van der Waals surface area (Å²) in [5.41, 5.74) is 1.70. The molecule has 0 fully saturated rings. The molecule has 112 valence electrons. The van der Waals surface area contributed by atoms with Gasteiger partial charge in [-0.2, -0.15) is 0 Å². The summed E-state index contributed by atoms with van der Waals surface area (Å²) in [5.74, 6) is 0.303. The maximum absolute atomic E-state index is 14.2. The van der Waals surface area contributed by atoms with Crippen molar-refractivity contribution in [3.8, 4) is 5.75 Å². The van der Waals surface area contributed by atoms with Crippen molar-refractivity contribution in [3.63, 3.8) is 0 Å². The predicted octanol–water partition coefficient (Wildman–Crippen LogP) is 3.51. The van der Waals surface area contributed by atoms with Crippen LogP contribution in [0, 0.1) is 5.82 Å². The van der Waals surface area contributed by atoms with Gasteiger partial charge in [0.25, 0.3) is 0 Å². The quantitative estimate of drug-likeness (QED) is 0.846. The first-order valence-corrected chi connectivity index (χ1v) is 7.21. The van der Waals surface area contributed by atoms with Gasteiger partial charge in [-0.1, -0.05) is 19.1 Å². The fraction of sp³-hybridized carbons (Fsp3) is 0.353. The van der Waals surface area contributed by atoms with Crippen LogP contribution < -0.4 is 10.1 Å². The van der Waals surface area contributed by atoms with Gasteiger partial charge in [-0.25, -0.2) is 4.39 Å². The van der Waals surface area contributed by atoms with Gasteiger partial charge in [-0.05, 0) is 37.6 Å². The Kier molecular flexibility index (Phi) is 5.69. The molecule has 2 rings (SSSR count). The molecule has 1 aromatic heterocycles. The predicted molar refractivity (Wildman–Crippen MR) is 81.9 cm³/mol. The van der Waals surface area contributed by atoms with E-state index in [9.17, 15) is 4.39 Å². The van der Waals surface area contributed by atoms with Gasteiger partial charge < -0.3 is 10.1 Å². The van der Waals surface area contributed by atoms with Gasteiger partial charge in [0.2, 0.25) is 0 Å². The first-order valence-electron chi connectivity index (χ1n) is 7.21. The van der Waals surface area contributed by atoms with Gasteiger partial charge in [-0.3, -0.25) is 4.98 Å². The van der Waals surface area contributed by atoms with Crippen LogP contribution in [-0.4, -0.2) is 18.6 Å². The largest absolute Gasteiger partial charge is 0.497 e. The van der Waals surface area contributed by atoms with Gasteiger partial charge in [-0.15, -0.1) is 0 Å². The molecule has 1 heterocycles. The number of pyridine rings is 1. The maximum Gasteiger partial charge on any atom is 0.131 e. The van der Waals surface area contributed by atoms with Crippen LogP contribution in [0.2, 0.25) is 0 Å². The molecule has 0 aliphatic heterocycles.